The van der Waals surface area contributed by atoms with Gasteiger partial charge >= 0.3 is 0 Å². The van der Waals surface area contributed by atoms with Crippen LogP contribution in [0.2, 0.25) is 0 Å². The minimum atomic E-state index is -0.177. The number of hydrogen-bond donors (Lipinski definition) is 2. The average molecular weight is 332 g/mol. The molecule has 0 radical (unpaired) electrons. The van der Waals surface area contributed by atoms with E-state index in [0.717, 1.165) is 18.0 Å². The molecule has 24 heavy (non-hydrogen) atoms. The lowest BCUT2D eigenvalue weighted by molar-refractivity contribution is 0.376. The summed E-state index contributed by atoms with van der Waals surface area (Å²) in [4.78, 5) is 4.48. The van der Waals surface area contributed by atoms with Gasteiger partial charge in [0.05, 0.1) is 5.69 Å². The van der Waals surface area contributed by atoms with Crippen LogP contribution in [-0.2, 0) is 13.0 Å². The van der Waals surface area contributed by atoms with Gasteiger partial charge < -0.3 is 15.2 Å². The van der Waals surface area contributed by atoms with E-state index in [1.807, 2.05) is 19.1 Å². The molecule has 0 atom stereocenters. The summed E-state index contributed by atoms with van der Waals surface area (Å²) < 4.78 is 18.9. The van der Waals surface area contributed by atoms with Crippen molar-refractivity contribution in [1.82, 2.24) is 15.8 Å². The van der Waals surface area contributed by atoms with Gasteiger partial charge in [-0.1, -0.05) is 37.2 Å². The number of aromatic nitrogens is 1. The summed E-state index contributed by atoms with van der Waals surface area (Å²) in [5, 5.41) is 10.4. The van der Waals surface area contributed by atoms with Crippen molar-refractivity contribution in [2.45, 2.75) is 39.7 Å². The van der Waals surface area contributed by atoms with E-state index < -0.39 is 0 Å². The maximum absolute atomic E-state index is 13.6. The van der Waals surface area contributed by atoms with Crippen LogP contribution in [0.3, 0.4) is 0 Å². The molecule has 1 aromatic carbocycles. The van der Waals surface area contributed by atoms with E-state index in [-0.39, 0.29) is 5.82 Å². The molecule has 0 aliphatic rings. The number of halogens is 1. The van der Waals surface area contributed by atoms with Crippen molar-refractivity contribution in [2.75, 3.05) is 13.1 Å². The fraction of sp³-hybridized carbons (Fsp3) is 0.444. The summed E-state index contributed by atoms with van der Waals surface area (Å²) in [6, 6.07) is 8.74. The van der Waals surface area contributed by atoms with Crippen LogP contribution < -0.4 is 10.6 Å². The lowest BCUT2D eigenvalue weighted by Gasteiger charge is -2.11. The molecule has 1 aromatic heterocycles. The number of guanidine groups is 1. The van der Waals surface area contributed by atoms with E-state index in [9.17, 15) is 4.39 Å². The van der Waals surface area contributed by atoms with Crippen molar-refractivity contribution in [1.29, 1.82) is 0 Å². The molecule has 130 valence electrons. The Bertz CT molecular complexity index is 667. The van der Waals surface area contributed by atoms with Crippen LogP contribution in [0.25, 0.3) is 0 Å². The molecule has 2 N–H and O–H groups in total. The van der Waals surface area contributed by atoms with Crippen LogP contribution in [-0.4, -0.2) is 24.2 Å². The summed E-state index contributed by atoms with van der Waals surface area (Å²) in [6.07, 6.45) is 0.594. The Kier molecular flexibility index (Phi) is 6.78. The molecular formula is C18H25FN4O. The minimum absolute atomic E-state index is 0.177. The van der Waals surface area contributed by atoms with Crippen LogP contribution in [0.4, 0.5) is 4.39 Å². The lowest BCUT2D eigenvalue weighted by Crippen LogP contribution is -2.38. The molecular weight excluding hydrogens is 307 g/mol. The second-order valence-corrected chi connectivity index (χ2v) is 5.84. The van der Waals surface area contributed by atoms with Crippen molar-refractivity contribution in [2.24, 2.45) is 4.99 Å². The second kappa shape index (κ2) is 9.05. The van der Waals surface area contributed by atoms with E-state index >= 15 is 0 Å². The smallest absolute Gasteiger partial charge is 0.191 e. The molecule has 0 saturated heterocycles. The van der Waals surface area contributed by atoms with E-state index in [4.69, 9.17) is 4.52 Å². The standard InChI is InChI=1S/C18H25FN4O/c1-4-20-18(21-10-9-14-7-5-6-8-16(14)19)22-12-15-11-17(13(2)3)23-24-15/h5-8,11,13H,4,9-10,12H2,1-3H3,(H2,20,21,22). The Balaban J connectivity index is 1.89. The van der Waals surface area contributed by atoms with Crippen LogP contribution in [0.5, 0.6) is 0 Å². The highest BCUT2D eigenvalue weighted by atomic mass is 19.1. The Labute approximate surface area is 142 Å². The Morgan fingerprint density at radius 1 is 1.29 bits per heavy atom. The van der Waals surface area contributed by atoms with Gasteiger partial charge in [-0.15, -0.1) is 0 Å². The highest BCUT2D eigenvalue weighted by molar-refractivity contribution is 5.79. The first kappa shape index (κ1) is 18.0. The zero-order valence-corrected chi connectivity index (χ0v) is 14.5. The largest absolute Gasteiger partial charge is 0.359 e. The molecule has 0 bridgehead atoms. The minimum Gasteiger partial charge on any atom is -0.359 e. The first-order valence-electron chi connectivity index (χ1n) is 8.31. The highest BCUT2D eigenvalue weighted by Gasteiger charge is 2.07. The molecule has 6 heteroatoms. The molecule has 0 aliphatic carbocycles. The number of nitrogens with one attached hydrogen (secondary N) is 2. The molecule has 2 aromatic rings. The van der Waals surface area contributed by atoms with Crippen molar-refractivity contribution in [3.8, 4) is 0 Å². The molecule has 0 fully saturated rings. The van der Waals surface area contributed by atoms with Crippen LogP contribution >= 0.6 is 0 Å². The SMILES string of the molecule is CCNC(=NCc1cc(C(C)C)no1)NCCc1ccccc1F. The number of aliphatic imine (C=N–C) groups is 1. The number of rotatable bonds is 7. The van der Waals surface area contributed by atoms with Crippen LogP contribution in [0, 0.1) is 5.82 Å². The third-order valence-corrected chi connectivity index (χ3v) is 3.55. The molecule has 0 unspecified atom stereocenters. The van der Waals surface area contributed by atoms with Gasteiger partial charge in [0, 0.05) is 19.2 Å². The van der Waals surface area contributed by atoms with Gasteiger partial charge in [-0.2, -0.15) is 0 Å². The van der Waals surface area contributed by atoms with Gasteiger partial charge in [0.2, 0.25) is 0 Å². The maximum Gasteiger partial charge on any atom is 0.191 e. The topological polar surface area (TPSA) is 62.5 Å². The summed E-state index contributed by atoms with van der Waals surface area (Å²) in [5.41, 5.74) is 1.62. The zero-order chi connectivity index (χ0) is 17.4. The first-order valence-corrected chi connectivity index (χ1v) is 8.31. The fourth-order valence-corrected chi connectivity index (χ4v) is 2.19. The van der Waals surface area contributed by atoms with E-state index in [1.54, 1.807) is 12.1 Å². The van der Waals surface area contributed by atoms with Crippen molar-refractivity contribution in [3.05, 3.63) is 53.2 Å². The van der Waals surface area contributed by atoms with Crippen molar-refractivity contribution >= 4 is 5.96 Å². The molecule has 2 rings (SSSR count). The highest BCUT2D eigenvalue weighted by Crippen LogP contribution is 2.14. The van der Waals surface area contributed by atoms with Gasteiger partial charge in [0.25, 0.3) is 0 Å². The number of nitrogens with zero attached hydrogens (tertiary/aromatic N) is 2. The normalized spacial score (nSPS) is 11.8. The van der Waals surface area contributed by atoms with E-state index in [0.29, 0.717) is 37.0 Å². The zero-order valence-electron chi connectivity index (χ0n) is 14.5. The Morgan fingerprint density at radius 2 is 2.08 bits per heavy atom. The molecule has 0 saturated carbocycles. The summed E-state index contributed by atoms with van der Waals surface area (Å²) >= 11 is 0. The van der Waals surface area contributed by atoms with E-state index in [1.165, 1.54) is 6.07 Å². The van der Waals surface area contributed by atoms with E-state index in [2.05, 4.69) is 34.6 Å². The summed E-state index contributed by atoms with van der Waals surface area (Å²) in [5.74, 6) is 1.56. The second-order valence-electron chi connectivity index (χ2n) is 5.84. The lowest BCUT2D eigenvalue weighted by atomic mass is 10.1. The predicted octanol–water partition coefficient (Wildman–Crippen LogP) is 3.23. The number of benzene rings is 1. The average Bonchev–Trinajstić information content (AvgIpc) is 3.03. The maximum atomic E-state index is 13.6. The van der Waals surface area contributed by atoms with Crippen molar-refractivity contribution < 1.29 is 8.91 Å². The Hall–Kier alpha value is -2.37. The monoisotopic (exact) mass is 332 g/mol. The van der Waals surface area contributed by atoms with Gasteiger partial charge in [-0.25, -0.2) is 9.38 Å². The molecule has 1 heterocycles. The summed E-state index contributed by atoms with van der Waals surface area (Å²) in [6.45, 7) is 7.90. The predicted molar refractivity (Wildman–Crippen MR) is 93.5 cm³/mol. The van der Waals surface area contributed by atoms with Gasteiger partial charge in [0.15, 0.2) is 11.7 Å². The molecule has 0 aliphatic heterocycles. The third kappa shape index (κ3) is 5.37. The molecule has 0 spiro atoms. The molecule has 0 amide bonds. The Morgan fingerprint density at radius 3 is 2.75 bits per heavy atom. The number of hydrogen-bond acceptors (Lipinski definition) is 3. The molecule has 5 nitrogen and oxygen atoms in total. The summed E-state index contributed by atoms with van der Waals surface area (Å²) in [7, 11) is 0. The fourth-order valence-electron chi connectivity index (χ4n) is 2.19. The third-order valence-electron chi connectivity index (χ3n) is 3.55. The van der Waals surface area contributed by atoms with Crippen molar-refractivity contribution in [3.63, 3.8) is 0 Å². The first-order chi connectivity index (χ1) is 11.6. The van der Waals surface area contributed by atoms with Gasteiger partial charge in [-0.3, -0.25) is 0 Å². The van der Waals surface area contributed by atoms with Crippen LogP contribution in [0.15, 0.2) is 39.8 Å². The van der Waals surface area contributed by atoms with Gasteiger partial charge in [-0.05, 0) is 30.9 Å². The van der Waals surface area contributed by atoms with Crippen LogP contribution in [0.1, 0.15) is 43.7 Å². The van der Waals surface area contributed by atoms with Gasteiger partial charge in [0.1, 0.15) is 12.4 Å². The quantitative estimate of drug-likeness (QED) is 0.603.